The van der Waals surface area contributed by atoms with E-state index in [0.717, 1.165) is 5.39 Å². The molecular formula is C16H17NO5S. The highest BCUT2D eigenvalue weighted by Crippen LogP contribution is 2.29. The number of fused-ring (bicyclic) bond motifs is 1. The second-order valence-electron chi connectivity index (χ2n) is 5.48. The summed E-state index contributed by atoms with van der Waals surface area (Å²) in [5, 5.41) is 3.53. The van der Waals surface area contributed by atoms with Crippen LogP contribution < -0.4 is 10.1 Å². The molecule has 1 atom stereocenters. The third-order valence-electron chi connectivity index (χ3n) is 3.72. The summed E-state index contributed by atoms with van der Waals surface area (Å²) in [5.41, 5.74) is 0.909. The van der Waals surface area contributed by atoms with Gasteiger partial charge in [-0.1, -0.05) is 12.7 Å². The molecule has 122 valence electrons. The number of hydrogen-bond acceptors (Lipinski definition) is 5. The van der Waals surface area contributed by atoms with Gasteiger partial charge in [0.25, 0.3) is 5.91 Å². The SMILES string of the molecule is C=CCOc1cc(C(=O)N[C@@H]2CCS(=O)(=O)C2)cc2occc12. The van der Waals surface area contributed by atoms with Crippen LogP contribution in [0.25, 0.3) is 11.0 Å². The number of carbonyl (C=O) groups is 1. The number of ether oxygens (including phenoxy) is 1. The van der Waals surface area contributed by atoms with E-state index < -0.39 is 9.84 Å². The molecule has 1 N–H and O–H groups in total. The van der Waals surface area contributed by atoms with Crippen molar-refractivity contribution in [1.82, 2.24) is 5.32 Å². The van der Waals surface area contributed by atoms with Gasteiger partial charge in [-0.25, -0.2) is 8.42 Å². The molecular weight excluding hydrogens is 318 g/mol. The van der Waals surface area contributed by atoms with Gasteiger partial charge in [0, 0.05) is 11.6 Å². The molecule has 0 spiro atoms. The molecule has 0 saturated carbocycles. The smallest absolute Gasteiger partial charge is 0.251 e. The second-order valence-corrected chi connectivity index (χ2v) is 7.71. The van der Waals surface area contributed by atoms with Gasteiger partial charge in [0.1, 0.15) is 17.9 Å². The molecule has 0 radical (unpaired) electrons. The van der Waals surface area contributed by atoms with E-state index in [0.29, 0.717) is 29.9 Å². The zero-order valence-electron chi connectivity index (χ0n) is 12.4. The maximum Gasteiger partial charge on any atom is 0.251 e. The Bertz CT molecular complexity index is 852. The molecule has 0 bridgehead atoms. The van der Waals surface area contributed by atoms with Gasteiger partial charge in [-0.3, -0.25) is 4.79 Å². The molecule has 1 aliphatic rings. The van der Waals surface area contributed by atoms with Crippen molar-refractivity contribution in [3.63, 3.8) is 0 Å². The monoisotopic (exact) mass is 335 g/mol. The van der Waals surface area contributed by atoms with Gasteiger partial charge in [-0.15, -0.1) is 0 Å². The van der Waals surface area contributed by atoms with Gasteiger partial charge in [0.15, 0.2) is 9.84 Å². The highest BCUT2D eigenvalue weighted by molar-refractivity contribution is 7.91. The van der Waals surface area contributed by atoms with Gasteiger partial charge in [0.2, 0.25) is 0 Å². The van der Waals surface area contributed by atoms with E-state index in [9.17, 15) is 13.2 Å². The van der Waals surface area contributed by atoms with Crippen LogP contribution in [0.15, 0.2) is 41.5 Å². The predicted molar refractivity (Wildman–Crippen MR) is 86.4 cm³/mol. The molecule has 6 nitrogen and oxygen atoms in total. The minimum Gasteiger partial charge on any atom is -0.489 e. The molecule has 1 saturated heterocycles. The van der Waals surface area contributed by atoms with Crippen molar-refractivity contribution in [2.45, 2.75) is 12.5 Å². The first kappa shape index (κ1) is 15.6. The summed E-state index contributed by atoms with van der Waals surface area (Å²) in [4.78, 5) is 12.4. The summed E-state index contributed by atoms with van der Waals surface area (Å²) < 4.78 is 33.9. The Hall–Kier alpha value is -2.28. The van der Waals surface area contributed by atoms with Crippen molar-refractivity contribution < 1.29 is 22.4 Å². The highest BCUT2D eigenvalue weighted by Gasteiger charge is 2.29. The van der Waals surface area contributed by atoms with Gasteiger partial charge >= 0.3 is 0 Å². The van der Waals surface area contributed by atoms with Crippen molar-refractivity contribution in [3.05, 3.63) is 42.7 Å². The molecule has 2 heterocycles. The van der Waals surface area contributed by atoms with Crippen LogP contribution >= 0.6 is 0 Å². The molecule has 0 aliphatic carbocycles. The Kier molecular flexibility index (Phi) is 4.12. The van der Waals surface area contributed by atoms with Gasteiger partial charge in [0.05, 0.1) is 23.2 Å². The average Bonchev–Trinajstić information content (AvgIpc) is 3.10. The van der Waals surface area contributed by atoms with E-state index >= 15 is 0 Å². The average molecular weight is 335 g/mol. The Morgan fingerprint density at radius 1 is 1.48 bits per heavy atom. The fourth-order valence-electron chi connectivity index (χ4n) is 2.61. The number of rotatable bonds is 5. The number of carbonyl (C=O) groups excluding carboxylic acids is 1. The fourth-order valence-corrected chi connectivity index (χ4v) is 4.29. The van der Waals surface area contributed by atoms with Crippen LogP contribution in [0.3, 0.4) is 0 Å². The predicted octanol–water partition coefficient (Wildman–Crippen LogP) is 1.91. The van der Waals surface area contributed by atoms with E-state index in [1.807, 2.05) is 0 Å². The summed E-state index contributed by atoms with van der Waals surface area (Å²) in [6.07, 6.45) is 3.58. The van der Waals surface area contributed by atoms with Crippen LogP contribution in [0.2, 0.25) is 0 Å². The molecule has 23 heavy (non-hydrogen) atoms. The van der Waals surface area contributed by atoms with Crippen molar-refractivity contribution in [3.8, 4) is 5.75 Å². The lowest BCUT2D eigenvalue weighted by Gasteiger charge is -2.12. The van der Waals surface area contributed by atoms with E-state index in [4.69, 9.17) is 9.15 Å². The normalized spacial score (nSPS) is 19.6. The standard InChI is InChI=1S/C16H17NO5S/c1-2-5-21-14-8-11(9-15-13(14)3-6-22-15)16(18)17-12-4-7-23(19,20)10-12/h2-3,6,8-9,12H,1,4-5,7,10H2,(H,17,18)/t12-/m1/s1. The van der Waals surface area contributed by atoms with E-state index in [-0.39, 0.29) is 23.5 Å². The van der Waals surface area contributed by atoms with Crippen molar-refractivity contribution >= 4 is 26.7 Å². The molecule has 0 unspecified atom stereocenters. The quantitative estimate of drug-likeness (QED) is 0.844. The number of amides is 1. The lowest BCUT2D eigenvalue weighted by Crippen LogP contribution is -2.35. The maximum atomic E-state index is 12.4. The van der Waals surface area contributed by atoms with Crippen LogP contribution in [0, 0.1) is 0 Å². The fraction of sp³-hybridized carbons (Fsp3) is 0.312. The second kappa shape index (κ2) is 6.08. The van der Waals surface area contributed by atoms with Crippen LogP contribution in [-0.4, -0.2) is 38.5 Å². The first-order valence-electron chi connectivity index (χ1n) is 7.25. The van der Waals surface area contributed by atoms with Crippen LogP contribution in [0.4, 0.5) is 0 Å². The summed E-state index contributed by atoms with van der Waals surface area (Å²) >= 11 is 0. The Balaban J connectivity index is 1.84. The third-order valence-corrected chi connectivity index (χ3v) is 5.49. The third kappa shape index (κ3) is 3.39. The van der Waals surface area contributed by atoms with Crippen LogP contribution in [0.1, 0.15) is 16.8 Å². The van der Waals surface area contributed by atoms with Crippen molar-refractivity contribution in [1.29, 1.82) is 0 Å². The molecule has 3 rings (SSSR count). The van der Waals surface area contributed by atoms with Gasteiger partial charge < -0.3 is 14.5 Å². The Morgan fingerprint density at radius 2 is 2.30 bits per heavy atom. The Labute approximate surface area is 134 Å². The largest absolute Gasteiger partial charge is 0.489 e. The molecule has 1 amide bonds. The van der Waals surface area contributed by atoms with Crippen molar-refractivity contribution in [2.75, 3.05) is 18.1 Å². The Morgan fingerprint density at radius 3 is 3.00 bits per heavy atom. The molecule has 1 aromatic carbocycles. The molecule has 1 aromatic heterocycles. The number of nitrogens with one attached hydrogen (secondary N) is 1. The highest BCUT2D eigenvalue weighted by atomic mass is 32.2. The minimum absolute atomic E-state index is 0.0123. The number of benzene rings is 1. The van der Waals surface area contributed by atoms with Crippen molar-refractivity contribution in [2.24, 2.45) is 0 Å². The van der Waals surface area contributed by atoms with Crippen LogP contribution in [0.5, 0.6) is 5.75 Å². The lowest BCUT2D eigenvalue weighted by molar-refractivity contribution is 0.0940. The molecule has 1 fully saturated rings. The summed E-state index contributed by atoms with van der Waals surface area (Å²) in [6, 6.07) is 4.66. The van der Waals surface area contributed by atoms with Crippen LogP contribution in [-0.2, 0) is 9.84 Å². The molecule has 7 heteroatoms. The van der Waals surface area contributed by atoms with Gasteiger partial charge in [-0.05, 0) is 24.6 Å². The zero-order valence-corrected chi connectivity index (χ0v) is 13.3. The lowest BCUT2D eigenvalue weighted by atomic mass is 10.1. The number of hydrogen-bond donors (Lipinski definition) is 1. The minimum atomic E-state index is -3.04. The summed E-state index contributed by atoms with van der Waals surface area (Å²) in [6.45, 7) is 3.91. The topological polar surface area (TPSA) is 85.6 Å². The summed E-state index contributed by atoms with van der Waals surface area (Å²) in [5.74, 6) is 0.291. The maximum absolute atomic E-state index is 12.4. The van der Waals surface area contributed by atoms with E-state index in [2.05, 4.69) is 11.9 Å². The van der Waals surface area contributed by atoms with E-state index in [1.54, 1.807) is 24.3 Å². The van der Waals surface area contributed by atoms with Gasteiger partial charge in [-0.2, -0.15) is 0 Å². The molecule has 1 aliphatic heterocycles. The number of sulfone groups is 1. The first-order chi connectivity index (χ1) is 11.0. The first-order valence-corrected chi connectivity index (χ1v) is 9.07. The molecule has 2 aromatic rings. The zero-order chi connectivity index (χ0) is 16.4. The summed E-state index contributed by atoms with van der Waals surface area (Å²) in [7, 11) is -3.04. The van der Waals surface area contributed by atoms with E-state index in [1.165, 1.54) is 6.26 Å². The number of furan rings is 1.